The van der Waals surface area contributed by atoms with Gasteiger partial charge in [0.2, 0.25) is 0 Å². The average molecular weight is 334 g/mol. The number of esters is 1. The first kappa shape index (κ1) is 18.5. The number of hydrogen-bond donors (Lipinski definition) is 2. The Kier molecular flexibility index (Phi) is 5.08. The van der Waals surface area contributed by atoms with Gasteiger partial charge in [0.05, 0.1) is 30.5 Å². The summed E-state index contributed by atoms with van der Waals surface area (Å²) >= 11 is 0. The number of aliphatic hydroxyl groups is 1. The topological polar surface area (TPSA) is 85.2 Å². The quantitative estimate of drug-likeness (QED) is 0.648. The lowest BCUT2D eigenvalue weighted by Crippen LogP contribution is -2.41. The van der Waals surface area contributed by atoms with Crippen molar-refractivity contribution in [3.8, 4) is 5.75 Å². The highest BCUT2D eigenvalue weighted by Crippen LogP contribution is 2.39. The number of rotatable bonds is 4. The molecular weight excluding hydrogens is 311 g/mol. The second kappa shape index (κ2) is 6.59. The van der Waals surface area contributed by atoms with Crippen molar-refractivity contribution in [3.05, 3.63) is 34.8 Å². The van der Waals surface area contributed by atoms with Crippen LogP contribution in [0.1, 0.15) is 43.6 Å². The molecule has 130 valence electrons. The molecule has 0 radical (unpaired) electrons. The first-order valence-electron chi connectivity index (χ1n) is 7.69. The molecule has 0 unspecified atom stereocenters. The Morgan fingerprint density at radius 2 is 1.83 bits per heavy atom. The molecule has 6 nitrogen and oxygen atoms in total. The molecule has 0 amide bonds. The average Bonchev–Trinajstić information content (AvgIpc) is 2.73. The van der Waals surface area contributed by atoms with Crippen LogP contribution in [0.3, 0.4) is 0 Å². The smallest absolute Gasteiger partial charge is 0.492 e. The Balaban J connectivity index is 2.30. The van der Waals surface area contributed by atoms with Gasteiger partial charge in [0.1, 0.15) is 5.75 Å². The van der Waals surface area contributed by atoms with Crippen molar-refractivity contribution in [1.82, 2.24) is 0 Å². The van der Waals surface area contributed by atoms with Crippen molar-refractivity contribution in [3.63, 3.8) is 0 Å². The van der Waals surface area contributed by atoms with Crippen LogP contribution in [0, 0.1) is 0 Å². The number of carbonyl (C=O) groups excluding carboxylic acids is 1. The summed E-state index contributed by atoms with van der Waals surface area (Å²) in [7, 11) is 0.565. The van der Waals surface area contributed by atoms with Crippen LogP contribution >= 0.6 is 0 Å². The van der Waals surface area contributed by atoms with Gasteiger partial charge >= 0.3 is 13.1 Å². The molecule has 0 spiro atoms. The summed E-state index contributed by atoms with van der Waals surface area (Å²) in [6.07, 6.45) is 1.60. The van der Waals surface area contributed by atoms with E-state index in [2.05, 4.69) is 4.74 Å². The maximum Gasteiger partial charge on any atom is 0.492 e. The van der Waals surface area contributed by atoms with Crippen molar-refractivity contribution in [1.29, 1.82) is 0 Å². The Bertz CT molecular complexity index is 649. The van der Waals surface area contributed by atoms with E-state index in [4.69, 9.17) is 9.31 Å². The number of benzene rings is 1. The molecule has 1 saturated heterocycles. The molecule has 24 heavy (non-hydrogen) atoms. The van der Waals surface area contributed by atoms with Gasteiger partial charge in [0, 0.05) is 5.56 Å². The molecule has 1 heterocycles. The van der Waals surface area contributed by atoms with E-state index in [1.807, 2.05) is 27.7 Å². The lowest BCUT2D eigenvalue weighted by Gasteiger charge is -2.32. The number of phenolic OH excluding ortho intramolecular Hbond substituents is 1. The maximum absolute atomic E-state index is 11.5. The lowest BCUT2D eigenvalue weighted by atomic mass is 9.77. The predicted molar refractivity (Wildman–Crippen MR) is 90.6 cm³/mol. The molecule has 1 aromatic rings. The first-order chi connectivity index (χ1) is 11.1. The molecule has 0 bridgehead atoms. The second-order valence-corrected chi connectivity index (χ2v) is 6.73. The van der Waals surface area contributed by atoms with Gasteiger partial charge in [0.25, 0.3) is 0 Å². The SMILES string of the molecule is COC(=O)c1ccc(C=C(CO)B2OC(C)(C)C(C)(C)O2)c(O)c1. The van der Waals surface area contributed by atoms with Crippen molar-refractivity contribution in [2.75, 3.05) is 13.7 Å². The molecule has 0 aromatic heterocycles. The van der Waals surface area contributed by atoms with Gasteiger partial charge in [-0.3, -0.25) is 0 Å². The van der Waals surface area contributed by atoms with Gasteiger partial charge in [-0.05, 0) is 45.3 Å². The van der Waals surface area contributed by atoms with Crippen LogP contribution in [0.15, 0.2) is 23.7 Å². The van der Waals surface area contributed by atoms with Gasteiger partial charge in [-0.15, -0.1) is 0 Å². The van der Waals surface area contributed by atoms with E-state index in [1.54, 1.807) is 12.1 Å². The second-order valence-electron chi connectivity index (χ2n) is 6.73. The van der Waals surface area contributed by atoms with Crippen LogP contribution in [-0.2, 0) is 14.0 Å². The van der Waals surface area contributed by atoms with Crippen molar-refractivity contribution in [2.24, 2.45) is 0 Å². The predicted octanol–water partition coefficient (Wildman–Crippen LogP) is 2.19. The third-order valence-electron chi connectivity index (χ3n) is 4.53. The summed E-state index contributed by atoms with van der Waals surface area (Å²) in [5.41, 5.74) is 0.121. The third-order valence-corrected chi connectivity index (χ3v) is 4.53. The summed E-state index contributed by atoms with van der Waals surface area (Å²) in [6.45, 7) is 7.40. The standard InChI is InChI=1S/C17H23BO6/c1-16(2)17(3,4)24-18(23-16)13(10-19)8-11-6-7-12(9-14(11)20)15(21)22-5/h6-9,19-20H,10H2,1-5H3. The fourth-order valence-electron chi connectivity index (χ4n) is 2.29. The van der Waals surface area contributed by atoms with Gasteiger partial charge in [-0.2, -0.15) is 0 Å². The molecule has 0 atom stereocenters. The lowest BCUT2D eigenvalue weighted by molar-refractivity contribution is 0.00578. The van der Waals surface area contributed by atoms with Crippen molar-refractivity contribution >= 4 is 19.2 Å². The molecule has 0 saturated carbocycles. The van der Waals surface area contributed by atoms with E-state index in [-0.39, 0.29) is 17.9 Å². The molecule has 1 fully saturated rings. The minimum Gasteiger partial charge on any atom is -0.507 e. The monoisotopic (exact) mass is 334 g/mol. The Hall–Kier alpha value is -1.83. The number of aromatic hydroxyl groups is 1. The van der Waals surface area contributed by atoms with E-state index in [9.17, 15) is 15.0 Å². The summed E-state index contributed by atoms with van der Waals surface area (Å²) in [5.74, 6) is -0.630. The molecule has 1 aliphatic rings. The molecular formula is C17H23BO6. The summed E-state index contributed by atoms with van der Waals surface area (Å²) < 4.78 is 16.4. The number of methoxy groups -OCH3 is 1. The van der Waals surface area contributed by atoms with E-state index >= 15 is 0 Å². The molecule has 2 rings (SSSR count). The van der Waals surface area contributed by atoms with E-state index in [0.29, 0.717) is 11.0 Å². The molecule has 1 aromatic carbocycles. The van der Waals surface area contributed by atoms with Crippen LogP contribution in [0.5, 0.6) is 5.75 Å². The zero-order valence-electron chi connectivity index (χ0n) is 14.6. The van der Waals surface area contributed by atoms with Crippen molar-refractivity contribution < 1.29 is 29.1 Å². The van der Waals surface area contributed by atoms with Gasteiger partial charge in [-0.25, -0.2) is 4.79 Å². The van der Waals surface area contributed by atoms with Crippen molar-refractivity contribution in [2.45, 2.75) is 38.9 Å². The highest BCUT2D eigenvalue weighted by Gasteiger charge is 2.52. The number of ether oxygens (including phenoxy) is 1. The minimum atomic E-state index is -0.709. The largest absolute Gasteiger partial charge is 0.507 e. The Labute approximate surface area is 142 Å². The van der Waals surface area contributed by atoms with Gasteiger partial charge in [0.15, 0.2) is 0 Å². The van der Waals surface area contributed by atoms with Crippen LogP contribution in [0.4, 0.5) is 0 Å². The summed E-state index contributed by atoms with van der Waals surface area (Å²) in [4.78, 5) is 11.5. The zero-order chi connectivity index (χ0) is 18.1. The highest BCUT2D eigenvalue weighted by molar-refractivity contribution is 6.55. The summed E-state index contributed by atoms with van der Waals surface area (Å²) in [5, 5.41) is 19.8. The number of carbonyl (C=O) groups is 1. The molecule has 2 N–H and O–H groups in total. The highest BCUT2D eigenvalue weighted by atomic mass is 16.7. The van der Waals surface area contributed by atoms with Crippen LogP contribution in [0.2, 0.25) is 0 Å². The fourth-order valence-corrected chi connectivity index (χ4v) is 2.29. The number of hydrogen-bond acceptors (Lipinski definition) is 6. The molecule has 0 aliphatic carbocycles. The molecule has 7 heteroatoms. The zero-order valence-corrected chi connectivity index (χ0v) is 14.6. The van der Waals surface area contributed by atoms with Crippen LogP contribution in [-0.4, -0.2) is 48.2 Å². The van der Waals surface area contributed by atoms with Crippen LogP contribution in [0.25, 0.3) is 6.08 Å². The van der Waals surface area contributed by atoms with E-state index in [1.165, 1.54) is 19.2 Å². The van der Waals surface area contributed by atoms with Crippen LogP contribution < -0.4 is 0 Å². The Morgan fingerprint density at radius 1 is 1.25 bits per heavy atom. The minimum absolute atomic E-state index is 0.0969. The first-order valence-corrected chi connectivity index (χ1v) is 7.69. The maximum atomic E-state index is 11.5. The number of phenols is 1. The van der Waals surface area contributed by atoms with E-state index < -0.39 is 24.3 Å². The number of aliphatic hydroxyl groups excluding tert-OH is 1. The normalized spacial score (nSPS) is 19.4. The van der Waals surface area contributed by atoms with Gasteiger partial charge in [-0.1, -0.05) is 12.1 Å². The van der Waals surface area contributed by atoms with E-state index in [0.717, 1.165) is 0 Å². The third kappa shape index (κ3) is 3.48. The fraction of sp³-hybridized carbons (Fsp3) is 0.471. The molecule has 1 aliphatic heterocycles. The van der Waals surface area contributed by atoms with Gasteiger partial charge < -0.3 is 24.3 Å². The Morgan fingerprint density at radius 3 is 2.29 bits per heavy atom. The summed E-state index contributed by atoms with van der Waals surface area (Å²) in [6, 6.07) is 4.43.